The molecule has 0 aliphatic carbocycles. The van der Waals surface area contributed by atoms with Crippen LogP contribution in [-0.4, -0.2) is 14.1 Å². The van der Waals surface area contributed by atoms with E-state index < -0.39 is 16.1 Å². The summed E-state index contributed by atoms with van der Waals surface area (Å²) in [6.45, 7) is 0. The van der Waals surface area contributed by atoms with Crippen LogP contribution in [0.1, 0.15) is 11.1 Å². The van der Waals surface area contributed by atoms with E-state index in [-0.39, 0.29) is 11.5 Å². The first-order valence-electron chi connectivity index (χ1n) is 6.11. The van der Waals surface area contributed by atoms with Crippen molar-refractivity contribution in [3.8, 4) is 5.75 Å². The van der Waals surface area contributed by atoms with E-state index in [9.17, 15) is 12.8 Å². The summed E-state index contributed by atoms with van der Waals surface area (Å²) in [5.41, 5.74) is 1.10. The van der Waals surface area contributed by atoms with Gasteiger partial charge in [0.2, 0.25) is 0 Å². The molecule has 0 saturated heterocycles. The monoisotopic (exact) mass is 303 g/mol. The molecule has 0 spiro atoms. The lowest BCUT2D eigenvalue weighted by Gasteiger charge is -2.14. The SMILES string of the molecule is O=S1(=O)N=C(/C=C/c2ccccc2F)c2ccccc2O1. The molecule has 0 amide bonds. The molecule has 106 valence electrons. The number of allylic oxidation sites excluding steroid dienone is 1. The third-order valence-corrected chi connectivity index (χ3v) is 3.70. The minimum absolute atomic E-state index is 0.208. The third-order valence-electron chi connectivity index (χ3n) is 2.89. The predicted molar refractivity (Wildman–Crippen MR) is 78.0 cm³/mol. The molecule has 21 heavy (non-hydrogen) atoms. The highest BCUT2D eigenvalue weighted by Crippen LogP contribution is 2.26. The fourth-order valence-electron chi connectivity index (χ4n) is 1.95. The first-order chi connectivity index (χ1) is 10.1. The number of fused-ring (bicyclic) bond motifs is 1. The van der Waals surface area contributed by atoms with Gasteiger partial charge in [-0.1, -0.05) is 30.3 Å². The van der Waals surface area contributed by atoms with Crippen LogP contribution in [-0.2, 0) is 10.3 Å². The topological polar surface area (TPSA) is 55.7 Å². The minimum atomic E-state index is -4.02. The van der Waals surface area contributed by atoms with E-state index >= 15 is 0 Å². The number of hydrogen-bond donors (Lipinski definition) is 0. The Balaban J connectivity index is 2.05. The lowest BCUT2D eigenvalue weighted by Crippen LogP contribution is -2.17. The van der Waals surface area contributed by atoms with Crippen molar-refractivity contribution in [1.82, 2.24) is 0 Å². The average molecular weight is 303 g/mol. The zero-order valence-electron chi connectivity index (χ0n) is 10.7. The second-order valence-corrected chi connectivity index (χ2v) is 5.54. The Hall–Kier alpha value is -2.47. The number of rotatable bonds is 2. The largest absolute Gasteiger partial charge is 0.429 e. The van der Waals surface area contributed by atoms with E-state index in [4.69, 9.17) is 4.18 Å². The molecule has 0 aromatic heterocycles. The van der Waals surface area contributed by atoms with Crippen LogP contribution >= 0.6 is 0 Å². The molecular weight excluding hydrogens is 293 g/mol. The van der Waals surface area contributed by atoms with Crippen LogP contribution in [0.25, 0.3) is 6.08 Å². The molecule has 1 aliphatic heterocycles. The second kappa shape index (κ2) is 5.14. The molecule has 0 radical (unpaired) electrons. The molecule has 0 N–H and O–H groups in total. The molecule has 1 aliphatic rings. The second-order valence-electron chi connectivity index (χ2n) is 4.34. The van der Waals surface area contributed by atoms with Gasteiger partial charge >= 0.3 is 10.3 Å². The number of para-hydroxylation sites is 1. The molecule has 2 aromatic rings. The Morgan fingerprint density at radius 3 is 2.52 bits per heavy atom. The smallest absolute Gasteiger partial charge is 0.365 e. The van der Waals surface area contributed by atoms with E-state index in [1.54, 1.807) is 42.5 Å². The Kier molecular flexibility index (Phi) is 3.31. The molecule has 0 fully saturated rings. The highest BCUT2D eigenvalue weighted by Gasteiger charge is 2.23. The lowest BCUT2D eigenvalue weighted by molar-refractivity contribution is 0.485. The molecule has 4 nitrogen and oxygen atoms in total. The van der Waals surface area contributed by atoms with Gasteiger partial charge in [0.25, 0.3) is 0 Å². The minimum Gasteiger partial charge on any atom is -0.365 e. The van der Waals surface area contributed by atoms with Crippen LogP contribution in [0.4, 0.5) is 4.39 Å². The molecule has 0 unspecified atom stereocenters. The van der Waals surface area contributed by atoms with E-state index in [2.05, 4.69) is 4.40 Å². The molecule has 3 rings (SSSR count). The van der Waals surface area contributed by atoms with Crippen molar-refractivity contribution in [2.24, 2.45) is 4.40 Å². The summed E-state index contributed by atoms with van der Waals surface area (Å²) in [6.07, 6.45) is 2.93. The number of benzene rings is 2. The van der Waals surface area contributed by atoms with Crippen LogP contribution in [0.5, 0.6) is 5.75 Å². The maximum absolute atomic E-state index is 13.6. The predicted octanol–water partition coefficient (Wildman–Crippen LogP) is 2.97. The molecule has 2 aromatic carbocycles. The Labute approximate surface area is 121 Å². The first-order valence-corrected chi connectivity index (χ1v) is 7.48. The molecule has 0 bridgehead atoms. The van der Waals surface area contributed by atoms with E-state index in [1.807, 2.05) is 0 Å². The van der Waals surface area contributed by atoms with Gasteiger partial charge in [-0.25, -0.2) is 4.39 Å². The molecular formula is C15H10FNO3S. The molecule has 0 atom stereocenters. The Morgan fingerprint density at radius 1 is 1.00 bits per heavy atom. The number of nitrogens with zero attached hydrogens (tertiary/aromatic N) is 1. The van der Waals surface area contributed by atoms with Gasteiger partial charge in [-0.2, -0.15) is 8.42 Å². The number of halogens is 1. The average Bonchev–Trinajstić information content (AvgIpc) is 2.45. The van der Waals surface area contributed by atoms with Crippen LogP contribution in [0.15, 0.2) is 59.0 Å². The zero-order chi connectivity index (χ0) is 14.9. The summed E-state index contributed by atoms with van der Waals surface area (Å²) in [4.78, 5) is 0. The lowest BCUT2D eigenvalue weighted by atomic mass is 10.1. The summed E-state index contributed by atoms with van der Waals surface area (Å²) >= 11 is 0. The van der Waals surface area contributed by atoms with Gasteiger partial charge in [0.1, 0.15) is 5.82 Å². The summed E-state index contributed by atoms with van der Waals surface area (Å²) in [7, 11) is -4.02. The van der Waals surface area contributed by atoms with Crippen molar-refractivity contribution in [3.63, 3.8) is 0 Å². The van der Waals surface area contributed by atoms with Crippen molar-refractivity contribution in [2.45, 2.75) is 0 Å². The summed E-state index contributed by atoms with van der Waals surface area (Å²) < 4.78 is 45.1. The first kappa shape index (κ1) is 13.5. The van der Waals surface area contributed by atoms with E-state index in [1.165, 1.54) is 18.2 Å². The standard InChI is InChI=1S/C15H10FNO3S/c16-13-7-3-1-5-11(13)9-10-14-12-6-2-4-8-15(12)20-21(18,19)17-14/h1-10H/b10-9+. The van der Waals surface area contributed by atoms with Gasteiger partial charge in [-0.15, -0.1) is 4.40 Å². The summed E-state index contributed by atoms with van der Waals surface area (Å²) in [5.74, 6) is -0.182. The van der Waals surface area contributed by atoms with Crippen LogP contribution < -0.4 is 4.18 Å². The van der Waals surface area contributed by atoms with E-state index in [0.717, 1.165) is 0 Å². The fraction of sp³-hybridized carbons (Fsp3) is 0. The highest BCUT2D eigenvalue weighted by atomic mass is 32.2. The van der Waals surface area contributed by atoms with Crippen molar-refractivity contribution in [2.75, 3.05) is 0 Å². The van der Waals surface area contributed by atoms with Crippen molar-refractivity contribution < 1.29 is 17.0 Å². The van der Waals surface area contributed by atoms with Gasteiger partial charge in [-0.3, -0.25) is 0 Å². The third kappa shape index (κ3) is 2.85. The van der Waals surface area contributed by atoms with Gasteiger partial charge < -0.3 is 4.18 Å². The van der Waals surface area contributed by atoms with Crippen molar-refractivity contribution in [1.29, 1.82) is 0 Å². The van der Waals surface area contributed by atoms with E-state index in [0.29, 0.717) is 11.1 Å². The highest BCUT2D eigenvalue weighted by molar-refractivity contribution is 7.86. The van der Waals surface area contributed by atoms with Crippen molar-refractivity contribution >= 4 is 22.1 Å². The van der Waals surface area contributed by atoms with Crippen LogP contribution in [0.2, 0.25) is 0 Å². The van der Waals surface area contributed by atoms with Gasteiger partial charge in [0.05, 0.1) is 5.71 Å². The van der Waals surface area contributed by atoms with Crippen LogP contribution in [0.3, 0.4) is 0 Å². The summed E-state index contributed by atoms with van der Waals surface area (Å²) in [5, 5.41) is 0. The molecule has 0 saturated carbocycles. The zero-order valence-corrected chi connectivity index (χ0v) is 11.5. The maximum Gasteiger partial charge on any atom is 0.429 e. The maximum atomic E-state index is 13.6. The van der Waals surface area contributed by atoms with Crippen molar-refractivity contribution in [3.05, 3.63) is 71.6 Å². The van der Waals surface area contributed by atoms with Gasteiger partial charge in [0.15, 0.2) is 5.75 Å². The van der Waals surface area contributed by atoms with Gasteiger partial charge in [-0.05, 0) is 30.4 Å². The van der Waals surface area contributed by atoms with Crippen LogP contribution in [0, 0.1) is 5.82 Å². The Bertz CT molecular complexity index is 857. The Morgan fingerprint density at radius 2 is 1.71 bits per heavy atom. The number of hydrogen-bond acceptors (Lipinski definition) is 3. The summed E-state index contributed by atoms with van der Waals surface area (Å²) in [6, 6.07) is 12.8. The fourth-order valence-corrected chi connectivity index (χ4v) is 2.76. The normalized spacial score (nSPS) is 16.1. The molecule has 6 heteroatoms. The molecule has 1 heterocycles. The quantitative estimate of drug-likeness (QED) is 0.857. The van der Waals surface area contributed by atoms with Gasteiger partial charge in [0, 0.05) is 11.1 Å².